The first kappa shape index (κ1) is 17.3. The van der Waals surface area contributed by atoms with Crippen molar-refractivity contribution in [2.24, 2.45) is 11.8 Å². The number of benzene rings is 2. The van der Waals surface area contributed by atoms with E-state index in [4.69, 9.17) is 0 Å². The van der Waals surface area contributed by atoms with Gasteiger partial charge in [-0.15, -0.1) is 0 Å². The van der Waals surface area contributed by atoms with Gasteiger partial charge < -0.3 is 0 Å². The normalized spacial score (nSPS) is 28.8. The van der Waals surface area contributed by atoms with Crippen LogP contribution in [0.15, 0.2) is 59.5 Å². The molecule has 0 amide bonds. The van der Waals surface area contributed by atoms with E-state index in [1.165, 1.54) is 10.9 Å². The Hall–Kier alpha value is -1.09. The van der Waals surface area contributed by atoms with Crippen molar-refractivity contribution in [1.29, 1.82) is 0 Å². The molecule has 0 spiro atoms. The summed E-state index contributed by atoms with van der Waals surface area (Å²) < 4.78 is 27.8. The van der Waals surface area contributed by atoms with E-state index in [0.29, 0.717) is 36.5 Å². The van der Waals surface area contributed by atoms with Crippen molar-refractivity contribution in [3.8, 4) is 0 Å². The molecule has 132 valence electrons. The first-order valence-electron chi connectivity index (χ1n) is 9.08. The van der Waals surface area contributed by atoms with Gasteiger partial charge in [0.15, 0.2) is 0 Å². The van der Waals surface area contributed by atoms with E-state index in [1.807, 2.05) is 19.1 Å². The van der Waals surface area contributed by atoms with Gasteiger partial charge in [-0.05, 0) is 0 Å². The van der Waals surface area contributed by atoms with Crippen molar-refractivity contribution in [1.82, 2.24) is 0 Å². The molecule has 0 N–H and O–H groups in total. The number of rotatable bonds is 4. The maximum absolute atomic E-state index is 13.2. The predicted octanol–water partition coefficient (Wildman–Crippen LogP) is 3.78. The van der Waals surface area contributed by atoms with Gasteiger partial charge in [0.2, 0.25) is 0 Å². The second-order valence-corrected chi connectivity index (χ2v) is 12.3. The van der Waals surface area contributed by atoms with Gasteiger partial charge in [0.1, 0.15) is 0 Å². The molecule has 0 heterocycles. The zero-order valence-electron chi connectivity index (χ0n) is 14.5. The molecule has 0 aromatic heterocycles. The summed E-state index contributed by atoms with van der Waals surface area (Å²) in [5.41, 5.74) is 1.11. The summed E-state index contributed by atoms with van der Waals surface area (Å²) in [5.74, 6) is 0.965. The van der Waals surface area contributed by atoms with Crippen molar-refractivity contribution < 1.29 is 8.42 Å². The van der Waals surface area contributed by atoms with Gasteiger partial charge in [0.05, 0.1) is 0 Å². The third-order valence-corrected chi connectivity index (χ3v) is 11.2. The quantitative estimate of drug-likeness (QED) is 0.707. The fourth-order valence-electron chi connectivity index (χ4n) is 4.60. The predicted molar refractivity (Wildman–Crippen MR) is 103 cm³/mol. The van der Waals surface area contributed by atoms with Crippen molar-refractivity contribution in [3.05, 3.63) is 60.2 Å². The van der Waals surface area contributed by atoms with E-state index in [2.05, 4.69) is 30.3 Å². The number of hydrogen-bond acceptors (Lipinski definition) is 2. The molecule has 4 rings (SSSR count). The molecule has 0 bridgehead atoms. The van der Waals surface area contributed by atoms with E-state index in [9.17, 15) is 8.42 Å². The Morgan fingerprint density at radius 2 is 1.52 bits per heavy atom. The van der Waals surface area contributed by atoms with Crippen LogP contribution in [0.25, 0.3) is 0 Å². The molecule has 25 heavy (non-hydrogen) atoms. The van der Waals surface area contributed by atoms with Gasteiger partial charge in [-0.3, -0.25) is 0 Å². The molecule has 4 atom stereocenters. The van der Waals surface area contributed by atoms with Crippen LogP contribution < -0.4 is 4.46 Å². The number of fused-ring (bicyclic) bond motifs is 1. The molecule has 1 unspecified atom stereocenters. The van der Waals surface area contributed by atoms with Crippen molar-refractivity contribution in [3.63, 3.8) is 0 Å². The van der Waals surface area contributed by atoms with Crippen LogP contribution in [0.2, 0.25) is 4.82 Å². The second-order valence-electron chi connectivity index (χ2n) is 7.35. The van der Waals surface area contributed by atoms with E-state index in [1.54, 1.807) is 12.1 Å². The molecule has 2 saturated carbocycles. The monoisotopic (exact) mass is 420 g/mol. The van der Waals surface area contributed by atoms with Crippen LogP contribution in [-0.2, 0) is 9.84 Å². The molecular weight excluding hydrogens is 395 g/mol. The van der Waals surface area contributed by atoms with Gasteiger partial charge >= 0.3 is 157 Å². The fourth-order valence-corrected chi connectivity index (χ4v) is 9.71. The molecule has 2 fully saturated rings. The Kier molecular flexibility index (Phi) is 4.79. The molecule has 2 aromatic carbocycles. The summed E-state index contributed by atoms with van der Waals surface area (Å²) in [6.45, 7) is 2.00. The Labute approximate surface area is 157 Å². The Balaban J connectivity index is 1.52. The Bertz CT molecular complexity index is 830. The standard InChI is InChI=1S/C21H24O2SSe/c1-15-7-9-16(10-8-15)24(22,23)20-13-11-19-18(20)12-14-21(19)25-17-5-3-2-4-6-17/h2-10,18-21H,11-14H2,1H3/t18-,19-,20-,21?/m0/s1. The SMILES string of the molecule is Cc1ccc(S(=O)(=O)[C@H]2CC[C@@H]3C([Se]c4ccccc4)CC[C@@H]32)cc1. The summed E-state index contributed by atoms with van der Waals surface area (Å²) in [5, 5.41) is -0.170. The van der Waals surface area contributed by atoms with Gasteiger partial charge in [-0.2, -0.15) is 0 Å². The first-order valence-corrected chi connectivity index (χ1v) is 12.5. The minimum atomic E-state index is -3.20. The molecule has 0 radical (unpaired) electrons. The average molecular weight is 419 g/mol. The second kappa shape index (κ2) is 6.90. The van der Waals surface area contributed by atoms with Crippen LogP contribution in [0, 0.1) is 18.8 Å². The van der Waals surface area contributed by atoms with Crippen LogP contribution in [0.5, 0.6) is 0 Å². The summed E-state index contributed by atoms with van der Waals surface area (Å²) in [6, 6.07) is 18.1. The maximum atomic E-state index is 13.2. The minimum absolute atomic E-state index is 0.170. The van der Waals surface area contributed by atoms with Crippen LogP contribution in [0.4, 0.5) is 0 Å². The summed E-state index contributed by atoms with van der Waals surface area (Å²) in [4.78, 5) is 1.22. The van der Waals surface area contributed by atoms with Gasteiger partial charge in [-0.1, -0.05) is 0 Å². The number of aryl methyl sites for hydroxylation is 1. The van der Waals surface area contributed by atoms with Crippen molar-refractivity contribution in [2.45, 2.75) is 47.6 Å². The van der Waals surface area contributed by atoms with Gasteiger partial charge in [0, 0.05) is 0 Å². The third-order valence-electron chi connectivity index (χ3n) is 5.85. The van der Waals surface area contributed by atoms with Crippen molar-refractivity contribution in [2.75, 3.05) is 0 Å². The van der Waals surface area contributed by atoms with Gasteiger partial charge in [0.25, 0.3) is 0 Å². The van der Waals surface area contributed by atoms with Crippen LogP contribution in [0.1, 0.15) is 31.2 Å². The molecule has 2 nitrogen and oxygen atoms in total. The zero-order valence-corrected chi connectivity index (χ0v) is 17.0. The zero-order chi connectivity index (χ0) is 17.4. The topological polar surface area (TPSA) is 34.1 Å². The number of sulfone groups is 1. The molecule has 2 aromatic rings. The molecule has 2 aliphatic carbocycles. The molecule has 0 aliphatic heterocycles. The molecule has 4 heteroatoms. The van der Waals surface area contributed by atoms with Gasteiger partial charge in [-0.25, -0.2) is 0 Å². The summed E-state index contributed by atoms with van der Waals surface area (Å²) in [6.07, 6.45) is 4.20. The van der Waals surface area contributed by atoms with E-state index in [0.717, 1.165) is 24.8 Å². The summed E-state index contributed by atoms with van der Waals surface area (Å²) >= 11 is 0.461. The van der Waals surface area contributed by atoms with Crippen LogP contribution in [0.3, 0.4) is 0 Å². The first-order chi connectivity index (χ1) is 12.1. The number of hydrogen-bond donors (Lipinski definition) is 0. The van der Waals surface area contributed by atoms with Crippen molar-refractivity contribution >= 4 is 29.3 Å². The van der Waals surface area contributed by atoms with Crippen LogP contribution in [-0.4, -0.2) is 28.6 Å². The molecule has 0 saturated heterocycles. The van der Waals surface area contributed by atoms with E-state index >= 15 is 0 Å². The Morgan fingerprint density at radius 1 is 0.840 bits per heavy atom. The van der Waals surface area contributed by atoms with E-state index < -0.39 is 9.84 Å². The fraction of sp³-hybridized carbons (Fsp3) is 0.429. The Morgan fingerprint density at radius 3 is 2.24 bits per heavy atom. The average Bonchev–Trinajstić information content (AvgIpc) is 3.19. The van der Waals surface area contributed by atoms with Crippen LogP contribution >= 0.6 is 0 Å². The molecular formula is C21H24O2SSe. The van der Waals surface area contributed by atoms with E-state index in [-0.39, 0.29) is 5.25 Å². The third kappa shape index (κ3) is 3.32. The summed E-state index contributed by atoms with van der Waals surface area (Å²) in [7, 11) is -3.20. The molecule has 2 aliphatic rings.